The normalized spacial score (nSPS) is 18.6. The molecule has 1 aromatic carbocycles. The van der Waals surface area contributed by atoms with E-state index in [4.69, 9.17) is 4.74 Å². The molecule has 2 unspecified atom stereocenters. The number of carbonyl (C=O) groups is 1. The lowest BCUT2D eigenvalue weighted by atomic mass is 10.2. The highest BCUT2D eigenvalue weighted by molar-refractivity contribution is 7.99. The van der Waals surface area contributed by atoms with Gasteiger partial charge in [0.05, 0.1) is 12.3 Å². The summed E-state index contributed by atoms with van der Waals surface area (Å²) in [5, 5.41) is 11.1. The van der Waals surface area contributed by atoms with Crippen molar-refractivity contribution in [2.24, 2.45) is 0 Å². The standard InChI is InChI=1S/C21H25N7O2S/c1-4-30-16-7-5-6-15-13(3)24-19(27-18(15)16)28-20-25-14(10-17(29)26-20)11-31-21-22-9-8-12(2)23-21/h5-9,14,20,25H,4,10-11H2,1-3H3,(H,26,29)(H,24,27,28). The van der Waals surface area contributed by atoms with Crippen molar-refractivity contribution >= 4 is 34.5 Å². The Morgan fingerprint density at radius 3 is 2.90 bits per heavy atom. The van der Waals surface area contributed by atoms with Gasteiger partial charge >= 0.3 is 0 Å². The largest absolute Gasteiger partial charge is 0.492 e. The number of nitrogens with one attached hydrogen (secondary N) is 3. The fraction of sp³-hybridized carbons (Fsp3) is 0.381. The predicted octanol–water partition coefficient (Wildman–Crippen LogP) is 2.40. The Hall–Kier alpha value is -2.98. The van der Waals surface area contributed by atoms with E-state index in [-0.39, 0.29) is 11.9 Å². The van der Waals surface area contributed by atoms with Crippen LogP contribution in [0, 0.1) is 13.8 Å². The summed E-state index contributed by atoms with van der Waals surface area (Å²) in [5.74, 6) is 1.76. The fourth-order valence-corrected chi connectivity index (χ4v) is 4.29. The van der Waals surface area contributed by atoms with E-state index in [1.54, 1.807) is 6.20 Å². The molecule has 2 aromatic heterocycles. The van der Waals surface area contributed by atoms with E-state index in [9.17, 15) is 4.79 Å². The number of para-hydroxylation sites is 1. The molecule has 162 valence electrons. The third-order valence-corrected chi connectivity index (χ3v) is 5.80. The maximum absolute atomic E-state index is 12.3. The third-order valence-electron chi connectivity index (χ3n) is 4.78. The summed E-state index contributed by atoms with van der Waals surface area (Å²) in [6.07, 6.45) is 1.64. The molecule has 31 heavy (non-hydrogen) atoms. The zero-order chi connectivity index (χ0) is 21.8. The van der Waals surface area contributed by atoms with E-state index < -0.39 is 6.29 Å². The van der Waals surface area contributed by atoms with E-state index in [1.807, 2.05) is 45.0 Å². The van der Waals surface area contributed by atoms with Gasteiger partial charge in [-0.2, -0.15) is 0 Å². The van der Waals surface area contributed by atoms with Gasteiger partial charge in [-0.15, -0.1) is 0 Å². The molecule has 9 nitrogen and oxygen atoms in total. The van der Waals surface area contributed by atoms with Crippen molar-refractivity contribution in [1.29, 1.82) is 0 Å². The molecule has 3 heterocycles. The minimum atomic E-state index is -0.485. The number of amides is 1. The first-order valence-electron chi connectivity index (χ1n) is 10.2. The number of anilines is 1. The first-order valence-corrected chi connectivity index (χ1v) is 11.1. The molecule has 1 fully saturated rings. The van der Waals surface area contributed by atoms with Crippen LogP contribution < -0.4 is 20.7 Å². The van der Waals surface area contributed by atoms with Crippen molar-refractivity contribution in [1.82, 2.24) is 30.6 Å². The number of carbonyl (C=O) groups excluding carboxylic acids is 1. The second-order valence-electron chi connectivity index (χ2n) is 7.22. The van der Waals surface area contributed by atoms with Crippen molar-refractivity contribution in [2.75, 3.05) is 17.7 Å². The van der Waals surface area contributed by atoms with Gasteiger partial charge in [0.25, 0.3) is 0 Å². The summed E-state index contributed by atoms with van der Waals surface area (Å²) in [5.41, 5.74) is 2.49. The fourth-order valence-electron chi connectivity index (χ4n) is 3.38. The summed E-state index contributed by atoms with van der Waals surface area (Å²) < 4.78 is 5.72. The van der Waals surface area contributed by atoms with Crippen molar-refractivity contribution in [2.45, 2.75) is 44.7 Å². The van der Waals surface area contributed by atoms with Gasteiger partial charge in [0.15, 0.2) is 11.4 Å². The van der Waals surface area contributed by atoms with Crippen molar-refractivity contribution in [3.05, 3.63) is 41.9 Å². The molecule has 4 rings (SSSR count). The van der Waals surface area contributed by atoms with Gasteiger partial charge in [-0.1, -0.05) is 23.9 Å². The molecular formula is C21H25N7O2S. The van der Waals surface area contributed by atoms with Crippen LogP contribution in [0.5, 0.6) is 5.75 Å². The first kappa shape index (κ1) is 21.3. The minimum absolute atomic E-state index is 0.0408. The maximum atomic E-state index is 12.3. The summed E-state index contributed by atoms with van der Waals surface area (Å²) in [6, 6.07) is 7.61. The molecule has 1 saturated heterocycles. The number of nitrogens with zero attached hydrogens (tertiary/aromatic N) is 4. The molecule has 10 heteroatoms. The minimum Gasteiger partial charge on any atom is -0.492 e. The molecule has 0 spiro atoms. The number of fused-ring (bicyclic) bond motifs is 1. The van der Waals surface area contributed by atoms with Gasteiger partial charge in [0.2, 0.25) is 11.9 Å². The van der Waals surface area contributed by atoms with E-state index in [0.29, 0.717) is 35.6 Å². The zero-order valence-corrected chi connectivity index (χ0v) is 18.5. The van der Waals surface area contributed by atoms with Gasteiger partial charge in [0.1, 0.15) is 11.3 Å². The average Bonchev–Trinajstić information content (AvgIpc) is 2.73. The van der Waals surface area contributed by atoms with Crippen LogP contribution in [0.15, 0.2) is 35.6 Å². The molecule has 0 bridgehead atoms. The Kier molecular flexibility index (Phi) is 6.47. The van der Waals surface area contributed by atoms with Crippen LogP contribution in [0.2, 0.25) is 0 Å². The lowest BCUT2D eigenvalue weighted by molar-refractivity contribution is -0.123. The SMILES string of the molecule is CCOc1cccc2c(C)nc(NC3NC(=O)CC(CSc4nccc(C)n4)N3)nc12. The highest BCUT2D eigenvalue weighted by Gasteiger charge is 2.26. The van der Waals surface area contributed by atoms with E-state index in [1.165, 1.54) is 11.8 Å². The monoisotopic (exact) mass is 439 g/mol. The van der Waals surface area contributed by atoms with Crippen LogP contribution in [-0.2, 0) is 4.79 Å². The molecule has 0 aliphatic carbocycles. The highest BCUT2D eigenvalue weighted by atomic mass is 32.2. The smallest absolute Gasteiger partial charge is 0.226 e. The molecule has 1 aliphatic rings. The molecule has 3 aromatic rings. The predicted molar refractivity (Wildman–Crippen MR) is 120 cm³/mol. The van der Waals surface area contributed by atoms with Gasteiger partial charge in [0, 0.05) is 35.5 Å². The highest BCUT2D eigenvalue weighted by Crippen LogP contribution is 2.26. The van der Waals surface area contributed by atoms with E-state index in [0.717, 1.165) is 22.3 Å². The molecule has 2 atom stereocenters. The number of rotatable bonds is 7. The Bertz CT molecular complexity index is 1090. The second-order valence-corrected chi connectivity index (χ2v) is 8.21. The molecular weight excluding hydrogens is 414 g/mol. The summed E-state index contributed by atoms with van der Waals surface area (Å²) in [4.78, 5) is 30.1. The van der Waals surface area contributed by atoms with Gasteiger partial charge < -0.3 is 15.4 Å². The summed E-state index contributed by atoms with van der Waals surface area (Å²) >= 11 is 1.52. The van der Waals surface area contributed by atoms with Crippen LogP contribution in [0.25, 0.3) is 10.9 Å². The Labute approximate surface area is 184 Å². The zero-order valence-electron chi connectivity index (χ0n) is 17.7. The van der Waals surface area contributed by atoms with E-state index in [2.05, 4.69) is 35.9 Å². The van der Waals surface area contributed by atoms with Crippen LogP contribution in [0.1, 0.15) is 24.7 Å². The molecule has 3 N–H and O–H groups in total. The van der Waals surface area contributed by atoms with Gasteiger partial charge in [-0.25, -0.2) is 19.9 Å². The topological polar surface area (TPSA) is 114 Å². The molecule has 1 amide bonds. The summed E-state index contributed by atoms with van der Waals surface area (Å²) in [7, 11) is 0. The third kappa shape index (κ3) is 5.20. The quantitative estimate of drug-likeness (QED) is 0.377. The lowest BCUT2D eigenvalue weighted by Gasteiger charge is -2.31. The van der Waals surface area contributed by atoms with Crippen molar-refractivity contribution in [3.8, 4) is 5.75 Å². The van der Waals surface area contributed by atoms with Gasteiger partial charge in [-0.05, 0) is 32.9 Å². The van der Waals surface area contributed by atoms with Crippen LogP contribution >= 0.6 is 11.8 Å². The Morgan fingerprint density at radius 1 is 1.23 bits per heavy atom. The van der Waals surface area contributed by atoms with E-state index >= 15 is 0 Å². The van der Waals surface area contributed by atoms with Crippen LogP contribution in [0.4, 0.5) is 5.95 Å². The molecule has 0 radical (unpaired) electrons. The number of thioether (sulfide) groups is 1. The van der Waals surface area contributed by atoms with Crippen molar-refractivity contribution < 1.29 is 9.53 Å². The Morgan fingerprint density at radius 2 is 2.10 bits per heavy atom. The van der Waals surface area contributed by atoms with Crippen molar-refractivity contribution in [3.63, 3.8) is 0 Å². The summed E-state index contributed by atoms with van der Waals surface area (Å²) in [6.45, 7) is 6.35. The van der Waals surface area contributed by atoms with Crippen LogP contribution in [-0.4, -0.2) is 50.5 Å². The van der Waals surface area contributed by atoms with Crippen LogP contribution in [0.3, 0.4) is 0 Å². The average molecular weight is 440 g/mol. The first-order chi connectivity index (χ1) is 15.0. The number of hydrogen-bond donors (Lipinski definition) is 3. The Balaban J connectivity index is 1.47. The number of aromatic nitrogens is 4. The number of hydrogen-bond acceptors (Lipinski definition) is 9. The number of benzene rings is 1. The second kappa shape index (κ2) is 9.44. The van der Waals surface area contributed by atoms with Gasteiger partial charge in [-0.3, -0.25) is 10.1 Å². The molecule has 0 saturated carbocycles. The molecule has 1 aliphatic heterocycles. The lowest BCUT2D eigenvalue weighted by Crippen LogP contribution is -2.60. The maximum Gasteiger partial charge on any atom is 0.226 e. The number of aryl methyl sites for hydroxylation is 2. The number of ether oxygens (including phenoxy) is 1.